The Hall–Kier alpha value is -0.920. The number of pyridine rings is 1. The standard InChI is InChI=1S/C11H15F2N3OS/c12-11(13)17-10-2-1-9(7-14-10)8-15-3-5-16(18)6-4-15/h1-2,7,11,18H,3-6,8H2. The number of hydrogen-bond acceptors (Lipinski definition) is 5. The van der Waals surface area contributed by atoms with Crippen molar-refractivity contribution in [3.63, 3.8) is 0 Å². The summed E-state index contributed by atoms with van der Waals surface area (Å²) >= 11 is 4.28. The van der Waals surface area contributed by atoms with Crippen molar-refractivity contribution in [1.29, 1.82) is 0 Å². The Morgan fingerprint density at radius 3 is 2.56 bits per heavy atom. The van der Waals surface area contributed by atoms with E-state index in [1.165, 1.54) is 6.07 Å². The Kier molecular flexibility index (Phi) is 4.73. The Bertz CT molecular complexity index is 369. The van der Waals surface area contributed by atoms with Gasteiger partial charge >= 0.3 is 6.61 Å². The summed E-state index contributed by atoms with van der Waals surface area (Å²) in [6.07, 6.45) is 1.57. The molecule has 0 amide bonds. The van der Waals surface area contributed by atoms with Gasteiger partial charge in [0.2, 0.25) is 5.88 Å². The van der Waals surface area contributed by atoms with Gasteiger partial charge in [-0.3, -0.25) is 9.21 Å². The van der Waals surface area contributed by atoms with Crippen LogP contribution in [0.1, 0.15) is 5.56 Å². The van der Waals surface area contributed by atoms with E-state index >= 15 is 0 Å². The number of aromatic nitrogens is 1. The molecule has 4 nitrogen and oxygen atoms in total. The largest absolute Gasteiger partial charge is 0.417 e. The Morgan fingerprint density at radius 1 is 1.28 bits per heavy atom. The van der Waals surface area contributed by atoms with Crippen molar-refractivity contribution in [3.05, 3.63) is 23.9 Å². The summed E-state index contributed by atoms with van der Waals surface area (Å²) < 4.78 is 30.1. The molecule has 1 aliphatic rings. The van der Waals surface area contributed by atoms with Crippen LogP contribution in [-0.2, 0) is 6.54 Å². The van der Waals surface area contributed by atoms with E-state index < -0.39 is 6.61 Å². The van der Waals surface area contributed by atoms with Gasteiger partial charge in [0.25, 0.3) is 0 Å². The molecule has 1 aromatic rings. The normalized spacial score (nSPS) is 18.2. The predicted molar refractivity (Wildman–Crippen MR) is 66.7 cm³/mol. The molecule has 2 rings (SSSR count). The van der Waals surface area contributed by atoms with Crippen LogP contribution in [0.5, 0.6) is 5.88 Å². The third-order valence-electron chi connectivity index (χ3n) is 2.76. The molecule has 0 radical (unpaired) electrons. The van der Waals surface area contributed by atoms with E-state index in [1.54, 1.807) is 12.3 Å². The fourth-order valence-electron chi connectivity index (χ4n) is 1.82. The van der Waals surface area contributed by atoms with E-state index in [9.17, 15) is 8.78 Å². The zero-order valence-electron chi connectivity index (χ0n) is 9.80. The van der Waals surface area contributed by atoms with Gasteiger partial charge in [-0.2, -0.15) is 8.78 Å². The van der Waals surface area contributed by atoms with Gasteiger partial charge in [-0.15, -0.1) is 0 Å². The van der Waals surface area contributed by atoms with Crippen LogP contribution in [-0.4, -0.2) is 47.0 Å². The second-order valence-electron chi connectivity index (χ2n) is 4.11. The van der Waals surface area contributed by atoms with E-state index in [-0.39, 0.29) is 5.88 Å². The SMILES string of the molecule is FC(F)Oc1ccc(CN2CCN(S)CC2)cn1. The third-order valence-corrected chi connectivity index (χ3v) is 3.16. The number of rotatable bonds is 4. The lowest BCUT2D eigenvalue weighted by Gasteiger charge is -2.31. The summed E-state index contributed by atoms with van der Waals surface area (Å²) in [6, 6.07) is 3.23. The van der Waals surface area contributed by atoms with Crippen LogP contribution in [0.15, 0.2) is 18.3 Å². The molecule has 1 saturated heterocycles. The molecule has 0 unspecified atom stereocenters. The van der Waals surface area contributed by atoms with Crippen molar-refractivity contribution in [3.8, 4) is 5.88 Å². The van der Waals surface area contributed by atoms with Gasteiger partial charge in [-0.1, -0.05) is 18.9 Å². The highest BCUT2D eigenvalue weighted by molar-refractivity contribution is 7.77. The lowest BCUT2D eigenvalue weighted by molar-refractivity contribution is -0.0528. The quantitative estimate of drug-likeness (QED) is 0.846. The number of piperazine rings is 1. The highest BCUT2D eigenvalue weighted by Crippen LogP contribution is 2.13. The predicted octanol–water partition coefficient (Wildman–Crippen LogP) is 1.65. The minimum Gasteiger partial charge on any atom is -0.417 e. The zero-order chi connectivity index (χ0) is 13.0. The van der Waals surface area contributed by atoms with Crippen molar-refractivity contribution >= 4 is 12.8 Å². The first-order valence-corrected chi connectivity index (χ1v) is 6.09. The number of alkyl halides is 2. The van der Waals surface area contributed by atoms with Crippen LogP contribution in [0.4, 0.5) is 8.78 Å². The van der Waals surface area contributed by atoms with Crippen LogP contribution in [0.2, 0.25) is 0 Å². The maximum atomic E-state index is 11.9. The monoisotopic (exact) mass is 275 g/mol. The van der Waals surface area contributed by atoms with Crippen molar-refractivity contribution in [2.45, 2.75) is 13.2 Å². The van der Waals surface area contributed by atoms with E-state index in [0.29, 0.717) is 0 Å². The smallest absolute Gasteiger partial charge is 0.388 e. The van der Waals surface area contributed by atoms with Crippen LogP contribution in [0.25, 0.3) is 0 Å². The van der Waals surface area contributed by atoms with Gasteiger partial charge in [0.1, 0.15) is 0 Å². The van der Waals surface area contributed by atoms with Gasteiger partial charge in [-0.05, 0) is 5.56 Å². The first kappa shape index (κ1) is 13.5. The molecule has 1 fully saturated rings. The van der Waals surface area contributed by atoms with Gasteiger partial charge in [-0.25, -0.2) is 4.98 Å². The molecule has 7 heteroatoms. The van der Waals surface area contributed by atoms with E-state index in [1.807, 2.05) is 4.31 Å². The molecule has 18 heavy (non-hydrogen) atoms. The Balaban J connectivity index is 1.86. The van der Waals surface area contributed by atoms with Crippen LogP contribution >= 0.6 is 12.8 Å². The number of thiol groups is 1. The van der Waals surface area contributed by atoms with Crippen LogP contribution in [0, 0.1) is 0 Å². The molecule has 0 saturated carbocycles. The average molecular weight is 275 g/mol. The highest BCUT2D eigenvalue weighted by Gasteiger charge is 2.14. The second-order valence-corrected chi connectivity index (χ2v) is 4.68. The van der Waals surface area contributed by atoms with Crippen molar-refractivity contribution in [2.75, 3.05) is 26.2 Å². The van der Waals surface area contributed by atoms with Gasteiger partial charge in [0.15, 0.2) is 0 Å². The summed E-state index contributed by atoms with van der Waals surface area (Å²) in [5, 5.41) is 0. The first-order chi connectivity index (χ1) is 8.63. The molecule has 0 aromatic carbocycles. The first-order valence-electron chi connectivity index (χ1n) is 5.69. The molecule has 1 aromatic heterocycles. The molecule has 100 valence electrons. The number of nitrogens with zero attached hydrogens (tertiary/aromatic N) is 3. The minimum atomic E-state index is -2.83. The topological polar surface area (TPSA) is 28.6 Å². The van der Waals surface area contributed by atoms with Gasteiger partial charge < -0.3 is 4.74 Å². The fraction of sp³-hybridized carbons (Fsp3) is 0.545. The van der Waals surface area contributed by atoms with Crippen molar-refractivity contribution in [2.24, 2.45) is 0 Å². The molecule has 0 aliphatic carbocycles. The van der Waals surface area contributed by atoms with E-state index in [4.69, 9.17) is 0 Å². The summed E-state index contributed by atoms with van der Waals surface area (Å²) in [5.41, 5.74) is 0.990. The number of halogens is 2. The molecular weight excluding hydrogens is 260 g/mol. The molecule has 0 bridgehead atoms. The average Bonchev–Trinajstić information content (AvgIpc) is 2.34. The molecular formula is C11H15F2N3OS. The molecule has 0 atom stereocenters. The van der Waals surface area contributed by atoms with E-state index in [0.717, 1.165) is 38.3 Å². The highest BCUT2D eigenvalue weighted by atomic mass is 32.1. The second kappa shape index (κ2) is 6.31. The summed E-state index contributed by atoms with van der Waals surface area (Å²) in [7, 11) is 0. The van der Waals surface area contributed by atoms with Crippen LogP contribution in [0.3, 0.4) is 0 Å². The molecule has 0 spiro atoms. The fourth-order valence-corrected chi connectivity index (χ4v) is 2.00. The maximum absolute atomic E-state index is 11.9. The summed E-state index contributed by atoms with van der Waals surface area (Å²) in [6.45, 7) is 1.67. The molecule has 2 heterocycles. The zero-order valence-corrected chi connectivity index (χ0v) is 10.7. The lowest BCUT2D eigenvalue weighted by Crippen LogP contribution is -2.41. The number of ether oxygens (including phenoxy) is 1. The Morgan fingerprint density at radius 2 is 2.00 bits per heavy atom. The molecule has 0 N–H and O–H groups in total. The van der Waals surface area contributed by atoms with Crippen molar-refractivity contribution < 1.29 is 13.5 Å². The van der Waals surface area contributed by atoms with Crippen molar-refractivity contribution in [1.82, 2.24) is 14.2 Å². The maximum Gasteiger partial charge on any atom is 0.388 e. The van der Waals surface area contributed by atoms with Gasteiger partial charge in [0.05, 0.1) is 0 Å². The van der Waals surface area contributed by atoms with Crippen LogP contribution < -0.4 is 4.74 Å². The summed E-state index contributed by atoms with van der Waals surface area (Å²) in [5.74, 6) is -0.0473. The van der Waals surface area contributed by atoms with Gasteiger partial charge in [0, 0.05) is 45.0 Å². The molecule has 1 aliphatic heterocycles. The number of hydrogen-bond donors (Lipinski definition) is 1. The lowest BCUT2D eigenvalue weighted by atomic mass is 10.2. The summed E-state index contributed by atoms with van der Waals surface area (Å²) in [4.78, 5) is 6.12. The van der Waals surface area contributed by atoms with E-state index in [2.05, 4.69) is 27.4 Å². The third kappa shape index (κ3) is 4.08. The Labute approximate surface area is 110 Å². The minimum absolute atomic E-state index is 0.0473.